The number of nitrogens with one attached hydrogen (secondary N) is 2. The van der Waals surface area contributed by atoms with Crippen LogP contribution in [0.5, 0.6) is 5.75 Å². The molecule has 29 heavy (non-hydrogen) atoms. The van der Waals surface area contributed by atoms with E-state index >= 15 is 0 Å². The molecule has 3 heterocycles. The zero-order valence-electron chi connectivity index (χ0n) is 15.5. The van der Waals surface area contributed by atoms with Crippen molar-refractivity contribution in [1.29, 1.82) is 0 Å². The number of benzene rings is 1. The highest BCUT2D eigenvalue weighted by Gasteiger charge is 2.29. The fraction of sp³-hybridized carbons (Fsp3) is 0.250. The quantitative estimate of drug-likeness (QED) is 0.427. The fourth-order valence-corrected chi connectivity index (χ4v) is 4.94. The number of thiophene rings is 1. The van der Waals surface area contributed by atoms with Gasteiger partial charge in [-0.1, -0.05) is 48.7 Å². The van der Waals surface area contributed by atoms with Gasteiger partial charge in [-0.25, -0.2) is 0 Å². The predicted molar refractivity (Wildman–Crippen MR) is 117 cm³/mol. The van der Waals surface area contributed by atoms with Gasteiger partial charge in [0.25, 0.3) is 5.91 Å². The van der Waals surface area contributed by atoms with Crippen LogP contribution in [0.2, 0.25) is 15.1 Å². The minimum Gasteiger partial charge on any atom is -0.483 e. The molecule has 0 spiro atoms. The first-order valence-corrected chi connectivity index (χ1v) is 10.8. The first-order chi connectivity index (χ1) is 13.8. The van der Waals surface area contributed by atoms with Gasteiger partial charge in [-0.05, 0) is 36.2 Å². The van der Waals surface area contributed by atoms with Crippen molar-refractivity contribution in [1.82, 2.24) is 5.32 Å². The maximum Gasteiger partial charge on any atom is 0.256 e. The van der Waals surface area contributed by atoms with E-state index < -0.39 is 6.17 Å². The second-order valence-corrected chi connectivity index (χ2v) is 9.22. The lowest BCUT2D eigenvalue weighted by Gasteiger charge is -2.23. The maximum atomic E-state index is 12.5. The van der Waals surface area contributed by atoms with E-state index in [0.717, 1.165) is 9.88 Å². The lowest BCUT2D eigenvalue weighted by atomic mass is 10.1. The average molecular weight is 472 g/mol. The minimum atomic E-state index is -0.454. The molecule has 5 nitrogen and oxygen atoms in total. The molecular weight excluding hydrogens is 455 g/mol. The third-order valence-corrected chi connectivity index (χ3v) is 6.55. The summed E-state index contributed by atoms with van der Waals surface area (Å²) in [7, 11) is 0. The van der Waals surface area contributed by atoms with Gasteiger partial charge in [0.2, 0.25) is 0 Å². The van der Waals surface area contributed by atoms with Gasteiger partial charge in [-0.3, -0.25) is 4.79 Å². The highest BCUT2D eigenvalue weighted by molar-refractivity contribution is 7.16. The summed E-state index contributed by atoms with van der Waals surface area (Å²) >= 11 is 19.8. The lowest BCUT2D eigenvalue weighted by molar-refractivity contribution is 0.0931. The van der Waals surface area contributed by atoms with E-state index in [1.165, 1.54) is 0 Å². The first-order valence-electron chi connectivity index (χ1n) is 8.89. The Balaban J connectivity index is 1.47. The third-order valence-electron chi connectivity index (χ3n) is 4.40. The Bertz CT molecular complexity index is 1050. The van der Waals surface area contributed by atoms with Crippen molar-refractivity contribution in [3.63, 3.8) is 0 Å². The van der Waals surface area contributed by atoms with E-state index in [2.05, 4.69) is 24.5 Å². The normalized spacial score (nSPS) is 15.8. The van der Waals surface area contributed by atoms with Gasteiger partial charge in [0.1, 0.15) is 23.1 Å². The van der Waals surface area contributed by atoms with Crippen molar-refractivity contribution in [3.8, 4) is 5.75 Å². The molecule has 0 saturated carbocycles. The highest BCUT2D eigenvalue weighted by Crippen LogP contribution is 2.38. The Morgan fingerprint density at radius 3 is 2.55 bits per heavy atom. The van der Waals surface area contributed by atoms with Crippen molar-refractivity contribution in [2.75, 3.05) is 5.32 Å². The smallest absolute Gasteiger partial charge is 0.256 e. The van der Waals surface area contributed by atoms with Gasteiger partial charge in [0.15, 0.2) is 11.9 Å². The standard InChI is InChI=1S/C20H17Cl3N2O3S/c1-9(2)16-7-12-19(26)24-18(25-20(12)29-16)15-4-3-11(28-15)8-27-17-13(22)5-10(21)6-14(17)23/h3-7,9,18,25H,8H2,1-2H3,(H,24,26)/t18-/m0/s1. The number of amides is 1. The van der Waals surface area contributed by atoms with Gasteiger partial charge in [0, 0.05) is 9.90 Å². The Morgan fingerprint density at radius 2 is 1.86 bits per heavy atom. The molecule has 3 aromatic rings. The van der Waals surface area contributed by atoms with Crippen molar-refractivity contribution in [2.45, 2.75) is 32.5 Å². The number of furan rings is 1. The number of carbonyl (C=O) groups excluding carboxylic acids is 1. The van der Waals surface area contributed by atoms with Crippen molar-refractivity contribution in [2.24, 2.45) is 0 Å². The molecule has 4 rings (SSSR count). The molecule has 1 aliphatic rings. The van der Waals surface area contributed by atoms with E-state index in [4.69, 9.17) is 44.0 Å². The zero-order valence-corrected chi connectivity index (χ0v) is 18.6. The molecule has 1 aliphatic heterocycles. The summed E-state index contributed by atoms with van der Waals surface area (Å²) in [6.45, 7) is 4.33. The summed E-state index contributed by atoms with van der Waals surface area (Å²) < 4.78 is 11.6. The summed E-state index contributed by atoms with van der Waals surface area (Å²) in [6, 6.07) is 8.63. The van der Waals surface area contributed by atoms with E-state index in [-0.39, 0.29) is 12.5 Å². The van der Waals surface area contributed by atoms with Crippen molar-refractivity contribution in [3.05, 3.63) is 67.4 Å². The SMILES string of the molecule is CC(C)c1cc2c(s1)N[C@@H](c1ccc(COc3c(Cl)cc(Cl)cc3Cl)o1)NC2=O. The predicted octanol–water partition coefficient (Wildman–Crippen LogP) is 6.86. The summed E-state index contributed by atoms with van der Waals surface area (Å²) in [4.78, 5) is 13.6. The molecule has 1 amide bonds. The van der Waals surface area contributed by atoms with Crippen LogP contribution in [0.25, 0.3) is 0 Å². The number of fused-ring (bicyclic) bond motifs is 1. The second kappa shape index (κ2) is 8.11. The molecule has 0 fully saturated rings. The molecule has 1 atom stereocenters. The van der Waals surface area contributed by atoms with Crippen LogP contribution >= 0.6 is 46.1 Å². The second-order valence-electron chi connectivity index (χ2n) is 6.89. The van der Waals surface area contributed by atoms with Gasteiger partial charge in [0.05, 0.1) is 15.6 Å². The van der Waals surface area contributed by atoms with Crippen LogP contribution < -0.4 is 15.4 Å². The van der Waals surface area contributed by atoms with Crippen LogP contribution in [0.1, 0.15) is 52.7 Å². The number of anilines is 1. The first kappa shape index (κ1) is 20.4. The minimum absolute atomic E-state index is 0.124. The fourth-order valence-electron chi connectivity index (χ4n) is 2.93. The van der Waals surface area contributed by atoms with Gasteiger partial charge >= 0.3 is 0 Å². The van der Waals surface area contributed by atoms with E-state index in [0.29, 0.717) is 43.8 Å². The van der Waals surface area contributed by atoms with Crippen LogP contribution in [0.15, 0.2) is 34.7 Å². The zero-order chi connectivity index (χ0) is 20.7. The molecule has 152 valence electrons. The van der Waals surface area contributed by atoms with E-state index in [9.17, 15) is 4.79 Å². The van der Waals surface area contributed by atoms with Crippen LogP contribution in [-0.2, 0) is 6.61 Å². The van der Waals surface area contributed by atoms with Crippen LogP contribution in [0, 0.1) is 0 Å². The summed E-state index contributed by atoms with van der Waals surface area (Å²) in [5.41, 5.74) is 0.664. The maximum absolute atomic E-state index is 12.5. The molecule has 2 N–H and O–H groups in total. The Kier molecular flexibility index (Phi) is 5.71. The third kappa shape index (κ3) is 4.21. The topological polar surface area (TPSA) is 63.5 Å². The molecule has 0 radical (unpaired) electrons. The number of carbonyl (C=O) groups is 1. The Hall–Kier alpha value is -1.86. The number of ether oxygens (including phenoxy) is 1. The Morgan fingerprint density at radius 1 is 1.14 bits per heavy atom. The Labute approximate surface area is 186 Å². The molecular formula is C20H17Cl3N2O3S. The number of halogens is 3. The average Bonchev–Trinajstić information content (AvgIpc) is 3.27. The van der Waals surface area contributed by atoms with E-state index in [1.54, 1.807) is 35.6 Å². The molecule has 0 saturated heterocycles. The van der Waals surface area contributed by atoms with Gasteiger partial charge in [-0.15, -0.1) is 11.3 Å². The van der Waals surface area contributed by atoms with Crippen LogP contribution in [0.3, 0.4) is 0 Å². The molecule has 0 aliphatic carbocycles. The van der Waals surface area contributed by atoms with Crippen molar-refractivity contribution >= 4 is 57.0 Å². The largest absolute Gasteiger partial charge is 0.483 e. The molecule has 2 aromatic heterocycles. The summed E-state index contributed by atoms with van der Waals surface area (Å²) in [6.07, 6.45) is -0.454. The van der Waals surface area contributed by atoms with E-state index in [1.807, 2.05) is 6.07 Å². The van der Waals surface area contributed by atoms with Crippen LogP contribution in [0.4, 0.5) is 5.00 Å². The highest BCUT2D eigenvalue weighted by atomic mass is 35.5. The van der Waals surface area contributed by atoms with Gasteiger partial charge in [-0.2, -0.15) is 0 Å². The monoisotopic (exact) mass is 470 g/mol. The molecule has 0 unspecified atom stereocenters. The molecule has 0 bridgehead atoms. The number of hydrogen-bond acceptors (Lipinski definition) is 5. The molecule has 1 aromatic carbocycles. The molecule has 9 heteroatoms. The van der Waals surface area contributed by atoms with Gasteiger partial charge < -0.3 is 19.8 Å². The summed E-state index contributed by atoms with van der Waals surface area (Å²) in [5.74, 6) is 1.72. The summed E-state index contributed by atoms with van der Waals surface area (Å²) in [5, 5.41) is 8.16. The number of rotatable bonds is 5. The number of hydrogen-bond donors (Lipinski definition) is 2. The van der Waals surface area contributed by atoms with Crippen LogP contribution in [-0.4, -0.2) is 5.91 Å². The lowest BCUT2D eigenvalue weighted by Crippen LogP contribution is -2.37. The van der Waals surface area contributed by atoms with Crippen molar-refractivity contribution < 1.29 is 13.9 Å².